The van der Waals surface area contributed by atoms with Crippen LogP contribution in [0.1, 0.15) is 30.2 Å². The zero-order valence-corrected chi connectivity index (χ0v) is 8.52. The molecule has 0 spiro atoms. The van der Waals surface area contributed by atoms with Gasteiger partial charge in [-0.2, -0.15) is 0 Å². The summed E-state index contributed by atoms with van der Waals surface area (Å²) < 4.78 is 1.89. The molecule has 2 aromatic heterocycles. The molecule has 2 aromatic rings. The summed E-state index contributed by atoms with van der Waals surface area (Å²) in [7, 11) is 0. The van der Waals surface area contributed by atoms with Crippen LogP contribution >= 0.6 is 0 Å². The van der Waals surface area contributed by atoms with Crippen LogP contribution in [0.4, 0.5) is 0 Å². The Balaban J connectivity index is 2.79. The molecule has 74 valence electrons. The first-order valence-corrected chi connectivity index (χ1v) is 4.54. The van der Waals surface area contributed by atoms with Crippen molar-refractivity contribution in [2.24, 2.45) is 5.73 Å². The fourth-order valence-corrected chi connectivity index (χ4v) is 1.55. The highest BCUT2D eigenvalue weighted by molar-refractivity contribution is 5.32. The molecule has 1 unspecified atom stereocenters. The lowest BCUT2D eigenvalue weighted by molar-refractivity contribution is 0.719. The normalized spacial score (nSPS) is 13.4. The lowest BCUT2D eigenvalue weighted by atomic mass is 10.3. The molecule has 0 fully saturated rings. The standard InChI is InChI=1S/C9H13N5/c1-5-4-6(2)14-8(7(3)10)12-13-9(14)11-5/h4,7H,10H2,1-3H3. The van der Waals surface area contributed by atoms with Crippen LogP contribution < -0.4 is 5.73 Å². The third kappa shape index (κ3) is 1.26. The van der Waals surface area contributed by atoms with Crippen molar-refractivity contribution >= 4 is 5.78 Å². The quantitative estimate of drug-likeness (QED) is 0.722. The molecule has 0 saturated heterocycles. The first kappa shape index (κ1) is 9.08. The Kier molecular flexibility index (Phi) is 1.96. The molecule has 0 aliphatic rings. The van der Waals surface area contributed by atoms with Crippen molar-refractivity contribution in [1.82, 2.24) is 19.6 Å². The van der Waals surface area contributed by atoms with Gasteiger partial charge in [-0.1, -0.05) is 0 Å². The molecule has 2 N–H and O–H groups in total. The molecule has 0 radical (unpaired) electrons. The second-order valence-electron chi connectivity index (χ2n) is 3.52. The van der Waals surface area contributed by atoms with Gasteiger partial charge in [0.05, 0.1) is 6.04 Å². The largest absolute Gasteiger partial charge is 0.322 e. The summed E-state index contributed by atoms with van der Waals surface area (Å²) in [4.78, 5) is 4.27. The van der Waals surface area contributed by atoms with Crippen LogP contribution in [0.15, 0.2) is 6.07 Å². The van der Waals surface area contributed by atoms with Gasteiger partial charge in [-0.25, -0.2) is 4.98 Å². The zero-order valence-electron chi connectivity index (χ0n) is 8.52. The Hall–Kier alpha value is -1.49. The topological polar surface area (TPSA) is 69.1 Å². The van der Waals surface area contributed by atoms with Gasteiger partial charge >= 0.3 is 0 Å². The summed E-state index contributed by atoms with van der Waals surface area (Å²) in [5, 5.41) is 8.01. The Morgan fingerprint density at radius 1 is 1.36 bits per heavy atom. The van der Waals surface area contributed by atoms with E-state index in [2.05, 4.69) is 15.2 Å². The summed E-state index contributed by atoms with van der Waals surface area (Å²) >= 11 is 0. The molecule has 0 bridgehead atoms. The summed E-state index contributed by atoms with van der Waals surface area (Å²) in [6.45, 7) is 5.82. The smallest absolute Gasteiger partial charge is 0.255 e. The van der Waals surface area contributed by atoms with Crippen molar-refractivity contribution in [3.8, 4) is 0 Å². The van der Waals surface area contributed by atoms with Gasteiger partial charge in [0.25, 0.3) is 5.78 Å². The van der Waals surface area contributed by atoms with E-state index in [4.69, 9.17) is 5.73 Å². The third-order valence-electron chi connectivity index (χ3n) is 2.13. The van der Waals surface area contributed by atoms with E-state index in [0.29, 0.717) is 5.78 Å². The maximum Gasteiger partial charge on any atom is 0.255 e. The van der Waals surface area contributed by atoms with Gasteiger partial charge in [0, 0.05) is 11.4 Å². The van der Waals surface area contributed by atoms with Crippen LogP contribution in [0.3, 0.4) is 0 Å². The highest BCUT2D eigenvalue weighted by Crippen LogP contribution is 2.11. The van der Waals surface area contributed by atoms with Gasteiger partial charge in [-0.05, 0) is 26.8 Å². The van der Waals surface area contributed by atoms with E-state index in [0.717, 1.165) is 17.2 Å². The minimum absolute atomic E-state index is 0.131. The van der Waals surface area contributed by atoms with Crippen LogP contribution in [-0.2, 0) is 0 Å². The molecule has 0 amide bonds. The lowest BCUT2D eigenvalue weighted by Crippen LogP contribution is -2.11. The van der Waals surface area contributed by atoms with Crippen molar-refractivity contribution in [2.45, 2.75) is 26.8 Å². The summed E-state index contributed by atoms with van der Waals surface area (Å²) in [6, 6.07) is 1.86. The second kappa shape index (κ2) is 3.02. The molecular weight excluding hydrogens is 178 g/mol. The van der Waals surface area contributed by atoms with E-state index in [1.165, 1.54) is 0 Å². The van der Waals surface area contributed by atoms with Crippen molar-refractivity contribution < 1.29 is 0 Å². The van der Waals surface area contributed by atoms with E-state index >= 15 is 0 Å². The highest BCUT2D eigenvalue weighted by atomic mass is 15.3. The maximum absolute atomic E-state index is 5.78. The molecule has 1 atom stereocenters. The Morgan fingerprint density at radius 2 is 2.07 bits per heavy atom. The fourth-order valence-electron chi connectivity index (χ4n) is 1.55. The van der Waals surface area contributed by atoms with E-state index < -0.39 is 0 Å². The fraction of sp³-hybridized carbons (Fsp3) is 0.444. The molecule has 0 aliphatic carbocycles. The van der Waals surface area contributed by atoms with Crippen LogP contribution in [0, 0.1) is 13.8 Å². The first-order valence-electron chi connectivity index (χ1n) is 4.54. The Bertz CT molecular complexity index is 471. The van der Waals surface area contributed by atoms with Gasteiger partial charge < -0.3 is 5.73 Å². The Morgan fingerprint density at radius 3 is 2.71 bits per heavy atom. The minimum Gasteiger partial charge on any atom is -0.322 e. The number of nitrogens with zero attached hydrogens (tertiary/aromatic N) is 4. The number of hydrogen-bond acceptors (Lipinski definition) is 4. The average molecular weight is 191 g/mol. The predicted octanol–water partition coefficient (Wildman–Crippen LogP) is 0.761. The SMILES string of the molecule is Cc1cc(C)n2c(C(C)N)nnc2n1. The first-order chi connectivity index (χ1) is 6.59. The molecule has 2 heterocycles. The molecule has 2 rings (SSSR count). The van der Waals surface area contributed by atoms with Gasteiger partial charge in [0.15, 0.2) is 5.82 Å². The monoisotopic (exact) mass is 191 g/mol. The molecule has 0 aromatic carbocycles. The van der Waals surface area contributed by atoms with Crippen molar-refractivity contribution in [3.05, 3.63) is 23.3 Å². The number of nitrogens with two attached hydrogens (primary N) is 1. The van der Waals surface area contributed by atoms with E-state index in [1.807, 2.05) is 31.2 Å². The van der Waals surface area contributed by atoms with Crippen LogP contribution in [0.2, 0.25) is 0 Å². The lowest BCUT2D eigenvalue weighted by Gasteiger charge is -2.05. The van der Waals surface area contributed by atoms with E-state index in [9.17, 15) is 0 Å². The second-order valence-corrected chi connectivity index (χ2v) is 3.52. The van der Waals surface area contributed by atoms with Crippen molar-refractivity contribution in [1.29, 1.82) is 0 Å². The van der Waals surface area contributed by atoms with Gasteiger partial charge in [-0.15, -0.1) is 10.2 Å². The molecule has 14 heavy (non-hydrogen) atoms. The number of aryl methyl sites for hydroxylation is 2. The van der Waals surface area contributed by atoms with Gasteiger partial charge in [0.2, 0.25) is 0 Å². The van der Waals surface area contributed by atoms with Crippen molar-refractivity contribution in [3.63, 3.8) is 0 Å². The third-order valence-corrected chi connectivity index (χ3v) is 2.13. The summed E-state index contributed by atoms with van der Waals surface area (Å²) in [5.74, 6) is 1.37. The zero-order chi connectivity index (χ0) is 10.3. The molecule has 5 heteroatoms. The van der Waals surface area contributed by atoms with Crippen LogP contribution in [0.25, 0.3) is 5.78 Å². The highest BCUT2D eigenvalue weighted by Gasteiger charge is 2.12. The van der Waals surface area contributed by atoms with Crippen molar-refractivity contribution in [2.75, 3.05) is 0 Å². The Labute approximate surface area is 82.0 Å². The van der Waals surface area contributed by atoms with Gasteiger partial charge in [-0.3, -0.25) is 4.40 Å². The molecule has 5 nitrogen and oxygen atoms in total. The number of fused-ring (bicyclic) bond motifs is 1. The van der Waals surface area contributed by atoms with E-state index in [-0.39, 0.29) is 6.04 Å². The summed E-state index contributed by atoms with van der Waals surface area (Å²) in [5.41, 5.74) is 7.78. The molecular formula is C9H13N5. The van der Waals surface area contributed by atoms with Gasteiger partial charge in [0.1, 0.15) is 0 Å². The number of rotatable bonds is 1. The average Bonchev–Trinajstić information content (AvgIpc) is 2.47. The van der Waals surface area contributed by atoms with Crippen LogP contribution in [0.5, 0.6) is 0 Å². The predicted molar refractivity (Wildman–Crippen MR) is 52.9 cm³/mol. The number of aromatic nitrogens is 4. The van der Waals surface area contributed by atoms with E-state index in [1.54, 1.807) is 0 Å². The minimum atomic E-state index is -0.131. The maximum atomic E-state index is 5.78. The molecule has 0 aliphatic heterocycles. The summed E-state index contributed by atoms with van der Waals surface area (Å²) in [6.07, 6.45) is 0. The van der Waals surface area contributed by atoms with Crippen LogP contribution in [-0.4, -0.2) is 19.6 Å². The number of hydrogen-bond donors (Lipinski definition) is 1. The molecule has 0 saturated carbocycles.